The number of methoxy groups -OCH3 is 2. The van der Waals surface area contributed by atoms with Crippen molar-refractivity contribution in [3.8, 4) is 11.5 Å². The van der Waals surface area contributed by atoms with Gasteiger partial charge in [0.25, 0.3) is 0 Å². The van der Waals surface area contributed by atoms with E-state index in [1.165, 1.54) is 0 Å². The van der Waals surface area contributed by atoms with Gasteiger partial charge in [-0.1, -0.05) is 30.7 Å². The fourth-order valence-electron chi connectivity index (χ4n) is 2.44. The highest BCUT2D eigenvalue weighted by Gasteiger charge is 2.19. The molecule has 0 bridgehead atoms. The van der Waals surface area contributed by atoms with E-state index < -0.39 is 0 Å². The minimum absolute atomic E-state index is 0.0317. The van der Waals surface area contributed by atoms with Gasteiger partial charge in [0.05, 0.1) is 20.3 Å². The molecule has 2 aromatic carbocycles. The summed E-state index contributed by atoms with van der Waals surface area (Å²) in [6.07, 6.45) is 0. The van der Waals surface area contributed by atoms with Gasteiger partial charge in [0.2, 0.25) is 0 Å². The molecule has 0 saturated heterocycles. The third-order valence-corrected chi connectivity index (χ3v) is 4.04. The van der Waals surface area contributed by atoms with E-state index in [0.29, 0.717) is 16.5 Å². The molecule has 0 radical (unpaired) electrons. The quantitative estimate of drug-likeness (QED) is 0.798. The van der Waals surface area contributed by atoms with E-state index in [1.807, 2.05) is 49.4 Å². The molecule has 2 aromatic rings. The van der Waals surface area contributed by atoms with Crippen LogP contribution >= 0.6 is 11.6 Å². The standard InChI is InChI=1S/C18H22ClNO3/c1-12(11-21)18(13-4-6-14(19)7-5-13)20-15-8-9-16(22-2)17(10-15)23-3/h4-10,12,18,20-21H,11H2,1-3H3/t12-,18+/m1/s1. The Hall–Kier alpha value is -1.91. The minimum atomic E-state index is -0.0460. The number of aliphatic hydroxyl groups excluding tert-OH is 1. The number of nitrogens with one attached hydrogen (secondary N) is 1. The van der Waals surface area contributed by atoms with E-state index in [2.05, 4.69) is 5.32 Å². The SMILES string of the molecule is COc1ccc(N[C@H](c2ccc(Cl)cc2)[C@H](C)CO)cc1OC. The molecule has 5 heteroatoms. The molecular weight excluding hydrogens is 314 g/mol. The van der Waals surface area contributed by atoms with Crippen molar-refractivity contribution in [2.24, 2.45) is 5.92 Å². The second-order valence-electron chi connectivity index (χ2n) is 5.40. The second-order valence-corrected chi connectivity index (χ2v) is 5.84. The van der Waals surface area contributed by atoms with Crippen LogP contribution in [0.5, 0.6) is 11.5 Å². The molecule has 0 aliphatic rings. The average Bonchev–Trinajstić information content (AvgIpc) is 2.59. The van der Waals surface area contributed by atoms with Crippen LogP contribution in [-0.2, 0) is 0 Å². The number of ether oxygens (including phenoxy) is 2. The monoisotopic (exact) mass is 335 g/mol. The van der Waals surface area contributed by atoms with E-state index in [-0.39, 0.29) is 18.6 Å². The topological polar surface area (TPSA) is 50.7 Å². The van der Waals surface area contributed by atoms with Crippen molar-refractivity contribution in [1.82, 2.24) is 0 Å². The third-order valence-electron chi connectivity index (χ3n) is 3.79. The number of hydrogen-bond donors (Lipinski definition) is 2. The summed E-state index contributed by atoms with van der Waals surface area (Å²) in [7, 11) is 3.21. The van der Waals surface area contributed by atoms with Gasteiger partial charge in [-0.15, -0.1) is 0 Å². The zero-order valence-electron chi connectivity index (χ0n) is 13.5. The smallest absolute Gasteiger partial charge is 0.162 e. The molecule has 0 aliphatic carbocycles. The van der Waals surface area contributed by atoms with Gasteiger partial charge in [-0.2, -0.15) is 0 Å². The summed E-state index contributed by atoms with van der Waals surface area (Å²) in [6, 6.07) is 13.2. The van der Waals surface area contributed by atoms with Crippen molar-refractivity contribution in [1.29, 1.82) is 0 Å². The van der Waals surface area contributed by atoms with Crippen LogP contribution in [0.25, 0.3) is 0 Å². The largest absolute Gasteiger partial charge is 0.493 e. The Balaban J connectivity index is 2.29. The molecule has 0 fully saturated rings. The lowest BCUT2D eigenvalue weighted by Crippen LogP contribution is -2.21. The Labute approximate surface area is 142 Å². The van der Waals surface area contributed by atoms with Crippen LogP contribution in [-0.4, -0.2) is 25.9 Å². The predicted octanol–water partition coefficient (Wildman–Crippen LogP) is 4.14. The summed E-state index contributed by atoms with van der Waals surface area (Å²) in [6.45, 7) is 2.07. The molecule has 0 spiro atoms. The first-order valence-electron chi connectivity index (χ1n) is 7.44. The average molecular weight is 336 g/mol. The summed E-state index contributed by atoms with van der Waals surface area (Å²) in [5, 5.41) is 13.7. The lowest BCUT2D eigenvalue weighted by atomic mass is 9.95. The van der Waals surface area contributed by atoms with Crippen LogP contribution in [0, 0.1) is 5.92 Å². The minimum Gasteiger partial charge on any atom is -0.493 e. The Morgan fingerprint density at radius 1 is 1.04 bits per heavy atom. The number of anilines is 1. The van der Waals surface area contributed by atoms with E-state index in [9.17, 15) is 5.11 Å². The molecule has 0 heterocycles. The molecule has 124 valence electrons. The fraction of sp³-hybridized carbons (Fsp3) is 0.333. The molecule has 0 aromatic heterocycles. The van der Waals surface area contributed by atoms with Gasteiger partial charge >= 0.3 is 0 Å². The molecule has 0 aliphatic heterocycles. The maximum Gasteiger partial charge on any atom is 0.162 e. The van der Waals surface area contributed by atoms with E-state index in [4.69, 9.17) is 21.1 Å². The van der Waals surface area contributed by atoms with Gasteiger partial charge < -0.3 is 19.9 Å². The van der Waals surface area contributed by atoms with E-state index >= 15 is 0 Å². The van der Waals surface area contributed by atoms with Crippen molar-refractivity contribution in [3.63, 3.8) is 0 Å². The number of aliphatic hydroxyl groups is 1. The zero-order chi connectivity index (χ0) is 16.8. The number of benzene rings is 2. The third kappa shape index (κ3) is 4.30. The van der Waals surface area contributed by atoms with Crippen molar-refractivity contribution in [2.45, 2.75) is 13.0 Å². The Bertz CT molecular complexity index is 631. The Morgan fingerprint density at radius 3 is 2.26 bits per heavy atom. The van der Waals surface area contributed by atoms with Gasteiger partial charge in [-0.05, 0) is 29.8 Å². The normalized spacial score (nSPS) is 13.3. The van der Waals surface area contributed by atoms with Crippen molar-refractivity contribution >= 4 is 17.3 Å². The van der Waals surface area contributed by atoms with Crippen molar-refractivity contribution < 1.29 is 14.6 Å². The van der Waals surface area contributed by atoms with Gasteiger partial charge in [0.15, 0.2) is 11.5 Å². The highest BCUT2D eigenvalue weighted by molar-refractivity contribution is 6.30. The molecule has 23 heavy (non-hydrogen) atoms. The van der Waals surface area contributed by atoms with Crippen LogP contribution < -0.4 is 14.8 Å². The van der Waals surface area contributed by atoms with Gasteiger partial charge in [0, 0.05) is 29.3 Å². The lowest BCUT2D eigenvalue weighted by Gasteiger charge is -2.26. The summed E-state index contributed by atoms with van der Waals surface area (Å²) in [5.74, 6) is 1.37. The van der Waals surface area contributed by atoms with Crippen molar-refractivity contribution in [2.75, 3.05) is 26.1 Å². The van der Waals surface area contributed by atoms with Crippen LogP contribution in [0.1, 0.15) is 18.5 Å². The number of hydrogen-bond acceptors (Lipinski definition) is 4. The number of halogens is 1. The maximum absolute atomic E-state index is 9.57. The van der Waals surface area contributed by atoms with Gasteiger partial charge in [-0.3, -0.25) is 0 Å². The van der Waals surface area contributed by atoms with Crippen LogP contribution in [0.3, 0.4) is 0 Å². The van der Waals surface area contributed by atoms with Crippen LogP contribution in [0.15, 0.2) is 42.5 Å². The molecule has 4 nitrogen and oxygen atoms in total. The molecule has 2 atom stereocenters. The second kappa shape index (κ2) is 8.09. The van der Waals surface area contributed by atoms with Crippen LogP contribution in [0.2, 0.25) is 5.02 Å². The molecular formula is C18H22ClNO3. The fourth-order valence-corrected chi connectivity index (χ4v) is 2.56. The van der Waals surface area contributed by atoms with Gasteiger partial charge in [-0.25, -0.2) is 0 Å². The summed E-state index contributed by atoms with van der Waals surface area (Å²) in [4.78, 5) is 0. The molecule has 0 amide bonds. The predicted molar refractivity (Wildman–Crippen MR) is 93.6 cm³/mol. The van der Waals surface area contributed by atoms with Crippen molar-refractivity contribution in [3.05, 3.63) is 53.1 Å². The summed E-state index contributed by atoms with van der Waals surface area (Å²) >= 11 is 5.96. The highest BCUT2D eigenvalue weighted by atomic mass is 35.5. The first-order chi connectivity index (χ1) is 11.1. The Kier molecular flexibility index (Phi) is 6.13. The van der Waals surface area contributed by atoms with E-state index in [0.717, 1.165) is 11.3 Å². The maximum atomic E-state index is 9.57. The first-order valence-corrected chi connectivity index (χ1v) is 7.81. The molecule has 0 unspecified atom stereocenters. The summed E-state index contributed by atoms with van der Waals surface area (Å²) in [5.41, 5.74) is 1.95. The number of rotatable bonds is 7. The molecule has 2 N–H and O–H groups in total. The summed E-state index contributed by atoms with van der Waals surface area (Å²) < 4.78 is 10.6. The zero-order valence-corrected chi connectivity index (χ0v) is 14.3. The highest BCUT2D eigenvalue weighted by Crippen LogP contribution is 2.33. The van der Waals surface area contributed by atoms with E-state index in [1.54, 1.807) is 14.2 Å². The first kappa shape index (κ1) is 17.4. The molecule has 2 rings (SSSR count). The molecule has 0 saturated carbocycles. The lowest BCUT2D eigenvalue weighted by molar-refractivity contribution is 0.222. The Morgan fingerprint density at radius 2 is 1.70 bits per heavy atom. The van der Waals surface area contributed by atoms with Crippen LogP contribution in [0.4, 0.5) is 5.69 Å². The van der Waals surface area contributed by atoms with Gasteiger partial charge in [0.1, 0.15) is 0 Å².